The zero-order chi connectivity index (χ0) is 16.4. The predicted octanol–water partition coefficient (Wildman–Crippen LogP) is 3.18. The molecule has 7 heteroatoms. The van der Waals surface area contributed by atoms with Gasteiger partial charge in [0.2, 0.25) is 0 Å². The Morgan fingerprint density at radius 2 is 1.96 bits per heavy atom. The lowest BCUT2D eigenvalue weighted by Crippen LogP contribution is -2.47. The molecule has 1 aliphatic rings. The molecule has 0 aliphatic carbocycles. The maximum Gasteiger partial charge on any atom is 0.198 e. The van der Waals surface area contributed by atoms with Crippen LogP contribution in [0.25, 0.3) is 0 Å². The van der Waals surface area contributed by atoms with Crippen molar-refractivity contribution in [3.63, 3.8) is 0 Å². The van der Waals surface area contributed by atoms with Crippen molar-refractivity contribution in [2.24, 2.45) is 0 Å². The standard InChI is InChI=1S/C16H22ClN5S/c1-3-20-11-18-22(16(20)23)12-19-6-8-21(9-7-19)15-10-14(17)5-4-13(15)2/h4-5,10-11H,3,6-9,12H2,1-2H3. The average molecular weight is 352 g/mol. The van der Waals surface area contributed by atoms with Crippen molar-refractivity contribution < 1.29 is 0 Å². The van der Waals surface area contributed by atoms with Crippen LogP contribution >= 0.6 is 23.8 Å². The Kier molecular flexibility index (Phi) is 5.04. The number of benzene rings is 1. The van der Waals surface area contributed by atoms with E-state index in [1.165, 1.54) is 11.3 Å². The molecule has 23 heavy (non-hydrogen) atoms. The minimum atomic E-state index is 0.758. The van der Waals surface area contributed by atoms with Gasteiger partial charge in [0, 0.05) is 43.4 Å². The third-order valence-electron chi connectivity index (χ3n) is 4.36. The second-order valence-electron chi connectivity index (χ2n) is 5.88. The quantitative estimate of drug-likeness (QED) is 0.791. The van der Waals surface area contributed by atoms with Gasteiger partial charge in [-0.25, -0.2) is 4.68 Å². The van der Waals surface area contributed by atoms with Crippen LogP contribution in [0.1, 0.15) is 12.5 Å². The van der Waals surface area contributed by atoms with E-state index in [0.29, 0.717) is 0 Å². The molecule has 0 N–H and O–H groups in total. The summed E-state index contributed by atoms with van der Waals surface area (Å²) in [7, 11) is 0. The van der Waals surface area contributed by atoms with Crippen molar-refractivity contribution in [1.82, 2.24) is 19.2 Å². The molecule has 0 bridgehead atoms. The molecular weight excluding hydrogens is 330 g/mol. The first-order valence-corrected chi connectivity index (χ1v) is 8.73. The van der Waals surface area contributed by atoms with Crippen LogP contribution in [-0.4, -0.2) is 45.4 Å². The van der Waals surface area contributed by atoms with Gasteiger partial charge in [0.05, 0.1) is 6.67 Å². The minimum Gasteiger partial charge on any atom is -0.369 e. The molecule has 124 valence electrons. The van der Waals surface area contributed by atoms with Gasteiger partial charge in [-0.2, -0.15) is 5.10 Å². The second kappa shape index (κ2) is 7.03. The molecule has 2 aromatic rings. The SMILES string of the molecule is CCn1cnn(CN2CCN(c3cc(Cl)ccc3C)CC2)c1=S. The fourth-order valence-corrected chi connectivity index (χ4v) is 3.38. The van der Waals surface area contributed by atoms with Crippen LogP contribution in [0.4, 0.5) is 5.69 Å². The van der Waals surface area contributed by atoms with E-state index in [0.717, 1.165) is 49.2 Å². The van der Waals surface area contributed by atoms with Crippen molar-refractivity contribution >= 4 is 29.5 Å². The number of hydrogen-bond acceptors (Lipinski definition) is 4. The first kappa shape index (κ1) is 16.5. The topological polar surface area (TPSA) is 29.2 Å². The summed E-state index contributed by atoms with van der Waals surface area (Å²) in [6.45, 7) is 9.79. The van der Waals surface area contributed by atoms with Crippen molar-refractivity contribution in [3.8, 4) is 0 Å². The molecule has 0 spiro atoms. The monoisotopic (exact) mass is 351 g/mol. The number of aromatic nitrogens is 3. The Labute approximate surface area is 147 Å². The summed E-state index contributed by atoms with van der Waals surface area (Å²) in [6.07, 6.45) is 1.81. The van der Waals surface area contributed by atoms with Gasteiger partial charge in [-0.1, -0.05) is 17.7 Å². The third-order valence-corrected chi connectivity index (χ3v) is 5.04. The fourth-order valence-electron chi connectivity index (χ4n) is 2.93. The van der Waals surface area contributed by atoms with Crippen LogP contribution in [0.2, 0.25) is 5.02 Å². The minimum absolute atomic E-state index is 0.758. The van der Waals surface area contributed by atoms with Crippen molar-refractivity contribution in [2.45, 2.75) is 27.1 Å². The van der Waals surface area contributed by atoms with Gasteiger partial charge in [-0.3, -0.25) is 4.90 Å². The second-order valence-corrected chi connectivity index (χ2v) is 6.68. The summed E-state index contributed by atoms with van der Waals surface area (Å²) in [4.78, 5) is 4.79. The van der Waals surface area contributed by atoms with Crippen LogP contribution in [0, 0.1) is 11.7 Å². The van der Waals surface area contributed by atoms with E-state index in [9.17, 15) is 0 Å². The van der Waals surface area contributed by atoms with E-state index in [1.54, 1.807) is 0 Å². The number of piperazine rings is 1. The van der Waals surface area contributed by atoms with E-state index >= 15 is 0 Å². The Morgan fingerprint density at radius 1 is 1.22 bits per heavy atom. The van der Waals surface area contributed by atoms with Gasteiger partial charge >= 0.3 is 0 Å². The van der Waals surface area contributed by atoms with Gasteiger partial charge in [0.15, 0.2) is 4.77 Å². The van der Waals surface area contributed by atoms with E-state index < -0.39 is 0 Å². The largest absolute Gasteiger partial charge is 0.369 e. The summed E-state index contributed by atoms with van der Waals surface area (Å²) < 4.78 is 4.68. The zero-order valence-corrected chi connectivity index (χ0v) is 15.1. The lowest BCUT2D eigenvalue weighted by Gasteiger charge is -2.36. The van der Waals surface area contributed by atoms with Crippen molar-refractivity contribution in [1.29, 1.82) is 0 Å². The third kappa shape index (κ3) is 3.59. The number of halogens is 1. The van der Waals surface area contributed by atoms with Crippen molar-refractivity contribution in [2.75, 3.05) is 31.1 Å². The first-order chi connectivity index (χ1) is 11.1. The highest BCUT2D eigenvalue weighted by molar-refractivity contribution is 7.71. The lowest BCUT2D eigenvalue weighted by molar-refractivity contribution is 0.194. The molecule has 0 saturated carbocycles. The van der Waals surface area contributed by atoms with E-state index in [-0.39, 0.29) is 0 Å². The molecule has 2 heterocycles. The van der Waals surface area contributed by atoms with Crippen LogP contribution in [-0.2, 0) is 13.2 Å². The maximum atomic E-state index is 6.14. The predicted molar refractivity (Wildman–Crippen MR) is 96.7 cm³/mol. The molecule has 1 aromatic carbocycles. The molecule has 1 fully saturated rings. The van der Waals surface area contributed by atoms with Crippen LogP contribution in [0.15, 0.2) is 24.5 Å². The highest BCUT2D eigenvalue weighted by Crippen LogP contribution is 2.25. The molecule has 0 radical (unpaired) electrons. The fraction of sp³-hybridized carbons (Fsp3) is 0.500. The van der Waals surface area contributed by atoms with Gasteiger partial charge in [-0.15, -0.1) is 0 Å². The maximum absolute atomic E-state index is 6.14. The Bertz CT molecular complexity index is 730. The first-order valence-electron chi connectivity index (χ1n) is 7.94. The van der Waals surface area contributed by atoms with Gasteiger partial charge in [0.1, 0.15) is 6.33 Å². The number of rotatable bonds is 4. The van der Waals surface area contributed by atoms with E-state index in [4.69, 9.17) is 23.8 Å². The van der Waals surface area contributed by atoms with Gasteiger partial charge < -0.3 is 9.47 Å². The van der Waals surface area contributed by atoms with Crippen molar-refractivity contribution in [3.05, 3.63) is 39.9 Å². The molecule has 0 unspecified atom stereocenters. The molecule has 1 aromatic heterocycles. The highest BCUT2D eigenvalue weighted by atomic mass is 35.5. The summed E-state index contributed by atoms with van der Waals surface area (Å²) >= 11 is 11.6. The zero-order valence-electron chi connectivity index (χ0n) is 13.6. The molecular formula is C16H22ClN5S. The summed E-state index contributed by atoms with van der Waals surface area (Å²) in [5.41, 5.74) is 2.51. The number of anilines is 1. The van der Waals surface area contributed by atoms with Crippen LogP contribution < -0.4 is 4.90 Å². The number of nitrogens with zero attached hydrogens (tertiary/aromatic N) is 5. The Morgan fingerprint density at radius 3 is 2.61 bits per heavy atom. The number of aryl methyl sites for hydroxylation is 2. The smallest absolute Gasteiger partial charge is 0.198 e. The number of hydrogen-bond donors (Lipinski definition) is 0. The lowest BCUT2D eigenvalue weighted by atomic mass is 10.1. The summed E-state index contributed by atoms with van der Waals surface area (Å²) in [5.74, 6) is 0. The molecule has 1 aliphatic heterocycles. The van der Waals surface area contributed by atoms with E-state index in [1.807, 2.05) is 21.6 Å². The van der Waals surface area contributed by atoms with Gasteiger partial charge in [0.25, 0.3) is 0 Å². The average Bonchev–Trinajstić information content (AvgIpc) is 2.91. The molecule has 1 saturated heterocycles. The van der Waals surface area contributed by atoms with Crippen LogP contribution in [0.3, 0.4) is 0 Å². The molecule has 5 nitrogen and oxygen atoms in total. The van der Waals surface area contributed by atoms with E-state index in [2.05, 4.69) is 40.9 Å². The van der Waals surface area contributed by atoms with Crippen LogP contribution in [0.5, 0.6) is 0 Å². The summed E-state index contributed by atoms with van der Waals surface area (Å²) in [5, 5.41) is 5.18. The molecule has 0 atom stereocenters. The Hall–Kier alpha value is -1.37. The highest BCUT2D eigenvalue weighted by Gasteiger charge is 2.19. The molecule has 0 amide bonds. The summed E-state index contributed by atoms with van der Waals surface area (Å²) in [6, 6.07) is 6.09. The normalized spacial score (nSPS) is 16.0. The molecule has 3 rings (SSSR count). The van der Waals surface area contributed by atoms with Gasteiger partial charge in [-0.05, 0) is 43.8 Å². The Balaban J connectivity index is 1.63.